The Morgan fingerprint density at radius 3 is 3.40 bits per heavy atom. The Hall–Kier alpha value is -0.760. The van der Waals surface area contributed by atoms with Gasteiger partial charge in [-0.15, -0.1) is 0 Å². The lowest BCUT2D eigenvalue weighted by Crippen LogP contribution is -2.41. The first-order valence-corrected chi connectivity index (χ1v) is 3.80. The predicted molar refractivity (Wildman–Crippen MR) is 41.4 cm³/mol. The Morgan fingerprint density at radius 2 is 2.50 bits per heavy atom. The Kier molecular flexibility index (Phi) is 1.47. The molecule has 2 N–H and O–H groups in total. The van der Waals surface area contributed by atoms with Crippen molar-refractivity contribution in [3.05, 3.63) is 23.9 Å². The summed E-state index contributed by atoms with van der Waals surface area (Å²) in [6.07, 6.45) is 9.01. The minimum absolute atomic E-state index is 0.617. The van der Waals surface area contributed by atoms with Crippen LogP contribution in [-0.4, -0.2) is 12.7 Å². The molecule has 1 aliphatic carbocycles. The smallest absolute Gasteiger partial charge is 0.0652 e. The van der Waals surface area contributed by atoms with Crippen LogP contribution in [0.4, 0.5) is 0 Å². The molecule has 2 rings (SSSR count). The fraction of sp³-hybridized carbons (Fsp3) is 0.500. The second-order valence-corrected chi connectivity index (χ2v) is 2.76. The van der Waals surface area contributed by atoms with Crippen LogP contribution >= 0.6 is 0 Å². The van der Waals surface area contributed by atoms with Crippen molar-refractivity contribution in [1.29, 1.82) is 0 Å². The quantitative estimate of drug-likeness (QED) is 0.513. The molecule has 10 heavy (non-hydrogen) atoms. The van der Waals surface area contributed by atoms with Crippen molar-refractivity contribution in [2.24, 2.45) is 0 Å². The van der Waals surface area contributed by atoms with Crippen LogP contribution in [0.2, 0.25) is 0 Å². The van der Waals surface area contributed by atoms with Gasteiger partial charge >= 0.3 is 0 Å². The topological polar surface area (TPSA) is 24.1 Å². The first kappa shape index (κ1) is 5.98. The normalized spacial score (nSPS) is 30.4. The van der Waals surface area contributed by atoms with E-state index >= 15 is 0 Å². The van der Waals surface area contributed by atoms with Gasteiger partial charge in [0.2, 0.25) is 0 Å². The summed E-state index contributed by atoms with van der Waals surface area (Å²) < 4.78 is 0. The molecule has 0 fully saturated rings. The van der Waals surface area contributed by atoms with Gasteiger partial charge in [-0.2, -0.15) is 0 Å². The SMILES string of the molecule is C1=CC2=CNCNC2CC1. The minimum Gasteiger partial charge on any atom is -0.378 e. The van der Waals surface area contributed by atoms with Gasteiger partial charge in [-0.25, -0.2) is 0 Å². The van der Waals surface area contributed by atoms with Crippen molar-refractivity contribution < 1.29 is 0 Å². The van der Waals surface area contributed by atoms with Crippen molar-refractivity contribution in [2.75, 3.05) is 6.67 Å². The molecule has 1 heterocycles. The van der Waals surface area contributed by atoms with Gasteiger partial charge in [-0.05, 0) is 18.4 Å². The molecule has 0 aromatic heterocycles. The van der Waals surface area contributed by atoms with Crippen molar-refractivity contribution in [1.82, 2.24) is 10.6 Å². The van der Waals surface area contributed by atoms with E-state index in [2.05, 4.69) is 29.0 Å². The molecule has 54 valence electrons. The van der Waals surface area contributed by atoms with Crippen LogP contribution in [0.15, 0.2) is 23.9 Å². The lowest BCUT2D eigenvalue weighted by Gasteiger charge is -2.26. The van der Waals surface area contributed by atoms with Crippen LogP contribution < -0.4 is 10.6 Å². The molecule has 2 aliphatic rings. The van der Waals surface area contributed by atoms with Crippen LogP contribution in [0.25, 0.3) is 0 Å². The molecule has 0 saturated carbocycles. The van der Waals surface area contributed by atoms with Gasteiger partial charge in [-0.3, -0.25) is 5.32 Å². The van der Waals surface area contributed by atoms with E-state index < -0.39 is 0 Å². The second kappa shape index (κ2) is 2.46. The highest BCUT2D eigenvalue weighted by molar-refractivity contribution is 5.28. The number of hydrogen-bond donors (Lipinski definition) is 2. The van der Waals surface area contributed by atoms with Crippen LogP contribution in [0.1, 0.15) is 12.8 Å². The summed E-state index contributed by atoms with van der Waals surface area (Å²) >= 11 is 0. The summed E-state index contributed by atoms with van der Waals surface area (Å²) in [5.41, 5.74) is 1.40. The monoisotopic (exact) mass is 136 g/mol. The fourth-order valence-corrected chi connectivity index (χ4v) is 1.48. The number of nitrogens with one attached hydrogen (secondary N) is 2. The third-order valence-electron chi connectivity index (χ3n) is 2.05. The first-order chi connectivity index (χ1) is 4.97. The van der Waals surface area contributed by atoms with Crippen LogP contribution in [-0.2, 0) is 0 Å². The number of hydrogen-bond acceptors (Lipinski definition) is 2. The molecule has 0 aromatic carbocycles. The summed E-state index contributed by atoms with van der Waals surface area (Å²) in [6, 6.07) is 0.617. The van der Waals surface area contributed by atoms with E-state index in [1.165, 1.54) is 18.4 Å². The summed E-state index contributed by atoms with van der Waals surface area (Å²) in [6.45, 7) is 0.919. The highest BCUT2D eigenvalue weighted by Crippen LogP contribution is 2.17. The van der Waals surface area contributed by atoms with E-state index in [0.29, 0.717) is 6.04 Å². The Balaban J connectivity index is 2.21. The lowest BCUT2D eigenvalue weighted by molar-refractivity contribution is 0.496. The number of allylic oxidation sites excluding steroid dienone is 1. The van der Waals surface area contributed by atoms with E-state index in [9.17, 15) is 0 Å². The molecule has 0 aromatic rings. The molecular formula is C8H12N2. The average molecular weight is 136 g/mol. The molecule has 0 radical (unpaired) electrons. The van der Waals surface area contributed by atoms with Gasteiger partial charge in [0.05, 0.1) is 6.67 Å². The van der Waals surface area contributed by atoms with Gasteiger partial charge in [0.1, 0.15) is 0 Å². The molecule has 1 aliphatic heterocycles. The molecule has 1 unspecified atom stereocenters. The third-order valence-corrected chi connectivity index (χ3v) is 2.05. The highest BCUT2D eigenvalue weighted by atomic mass is 15.1. The van der Waals surface area contributed by atoms with Crippen LogP contribution in [0.3, 0.4) is 0 Å². The van der Waals surface area contributed by atoms with E-state index in [4.69, 9.17) is 0 Å². The molecule has 0 spiro atoms. The van der Waals surface area contributed by atoms with Crippen molar-refractivity contribution >= 4 is 0 Å². The minimum atomic E-state index is 0.617. The molecule has 2 nitrogen and oxygen atoms in total. The molecule has 0 bridgehead atoms. The number of rotatable bonds is 0. The second-order valence-electron chi connectivity index (χ2n) is 2.76. The zero-order valence-corrected chi connectivity index (χ0v) is 5.93. The van der Waals surface area contributed by atoms with E-state index in [1.807, 2.05) is 0 Å². The summed E-state index contributed by atoms with van der Waals surface area (Å²) in [4.78, 5) is 0. The highest BCUT2D eigenvalue weighted by Gasteiger charge is 2.15. The summed E-state index contributed by atoms with van der Waals surface area (Å²) in [5.74, 6) is 0. The fourth-order valence-electron chi connectivity index (χ4n) is 1.48. The zero-order chi connectivity index (χ0) is 6.81. The molecule has 0 amide bonds. The average Bonchev–Trinajstić information content (AvgIpc) is 2.05. The first-order valence-electron chi connectivity index (χ1n) is 3.80. The van der Waals surface area contributed by atoms with Crippen LogP contribution in [0, 0.1) is 0 Å². The van der Waals surface area contributed by atoms with Gasteiger partial charge in [0.15, 0.2) is 0 Å². The van der Waals surface area contributed by atoms with E-state index in [-0.39, 0.29) is 0 Å². The maximum Gasteiger partial charge on any atom is 0.0652 e. The Bertz CT molecular complexity index is 182. The van der Waals surface area contributed by atoms with Gasteiger partial charge in [-0.1, -0.05) is 12.2 Å². The standard InChI is InChI=1S/C8H12N2/c1-2-4-8-7(3-1)5-9-6-10-8/h1,3,5,8-10H,2,4,6H2. The Labute approximate surface area is 61.0 Å². The number of fused-ring (bicyclic) bond motifs is 1. The zero-order valence-electron chi connectivity index (χ0n) is 5.93. The predicted octanol–water partition coefficient (Wildman–Crippen LogP) is 0.739. The van der Waals surface area contributed by atoms with Crippen LogP contribution in [0.5, 0.6) is 0 Å². The lowest BCUT2D eigenvalue weighted by atomic mass is 9.96. The Morgan fingerprint density at radius 1 is 1.50 bits per heavy atom. The maximum atomic E-state index is 3.39. The largest absolute Gasteiger partial charge is 0.378 e. The van der Waals surface area contributed by atoms with Gasteiger partial charge < -0.3 is 5.32 Å². The maximum absolute atomic E-state index is 3.39. The van der Waals surface area contributed by atoms with E-state index in [1.54, 1.807) is 0 Å². The van der Waals surface area contributed by atoms with Gasteiger partial charge in [0, 0.05) is 12.2 Å². The van der Waals surface area contributed by atoms with Crippen molar-refractivity contribution in [3.8, 4) is 0 Å². The van der Waals surface area contributed by atoms with Gasteiger partial charge in [0.25, 0.3) is 0 Å². The molecule has 1 atom stereocenters. The third kappa shape index (κ3) is 0.948. The molecule has 2 heteroatoms. The summed E-state index contributed by atoms with van der Waals surface area (Å²) in [7, 11) is 0. The summed E-state index contributed by atoms with van der Waals surface area (Å²) in [5, 5.41) is 6.55. The molecular weight excluding hydrogens is 124 g/mol. The van der Waals surface area contributed by atoms with Crippen molar-refractivity contribution in [2.45, 2.75) is 18.9 Å². The van der Waals surface area contributed by atoms with E-state index in [0.717, 1.165) is 6.67 Å². The van der Waals surface area contributed by atoms with Crippen molar-refractivity contribution in [3.63, 3.8) is 0 Å². The molecule has 0 saturated heterocycles.